The lowest BCUT2D eigenvalue weighted by atomic mass is 10.00. The number of carboxylic acids is 1. The molecule has 2 N–H and O–H groups in total. The summed E-state index contributed by atoms with van der Waals surface area (Å²) in [7, 11) is 0. The number of carbonyl (C=O) groups excluding carboxylic acids is 1. The largest absolute Gasteiger partial charge is 0.480 e. The highest BCUT2D eigenvalue weighted by atomic mass is 16.5. The van der Waals surface area contributed by atoms with Crippen LogP contribution in [0.2, 0.25) is 0 Å². The van der Waals surface area contributed by atoms with Crippen molar-refractivity contribution in [2.24, 2.45) is 0 Å². The smallest absolute Gasteiger partial charge is 0.329 e. The van der Waals surface area contributed by atoms with Gasteiger partial charge in [-0.2, -0.15) is 0 Å². The Bertz CT molecular complexity index is 355. The molecule has 0 radical (unpaired) electrons. The lowest BCUT2D eigenvalue weighted by molar-refractivity contribution is -0.147. The number of likely N-dealkylation sites (tertiary alicyclic amines) is 1. The van der Waals surface area contributed by atoms with Gasteiger partial charge in [-0.05, 0) is 39.0 Å². The summed E-state index contributed by atoms with van der Waals surface area (Å²) in [6, 6.07) is -0.295. The van der Waals surface area contributed by atoms with E-state index in [2.05, 4.69) is 5.32 Å². The number of aliphatic carboxylic acids is 1. The Morgan fingerprint density at radius 3 is 2.84 bits per heavy atom. The highest BCUT2D eigenvalue weighted by Crippen LogP contribution is 2.29. The second-order valence-electron chi connectivity index (χ2n) is 5.51. The molecule has 2 aliphatic rings. The molecule has 0 spiro atoms. The molecule has 2 heterocycles. The van der Waals surface area contributed by atoms with Gasteiger partial charge in [-0.1, -0.05) is 0 Å². The molecule has 2 unspecified atom stereocenters. The zero-order valence-corrected chi connectivity index (χ0v) is 11.4. The van der Waals surface area contributed by atoms with Crippen molar-refractivity contribution >= 4 is 12.0 Å². The number of carboxylic acid groups (broad SMARTS) is 1. The van der Waals surface area contributed by atoms with Gasteiger partial charge in [0.05, 0.1) is 6.10 Å². The molecule has 2 rings (SSSR count). The van der Waals surface area contributed by atoms with Crippen molar-refractivity contribution in [3.05, 3.63) is 0 Å². The molecule has 0 aromatic carbocycles. The minimum absolute atomic E-state index is 0.0661. The normalized spacial score (nSPS) is 31.2. The molecule has 2 saturated heterocycles. The Balaban J connectivity index is 1.87. The minimum Gasteiger partial charge on any atom is -0.480 e. The number of nitrogens with zero attached hydrogens (tertiary/aromatic N) is 1. The van der Waals surface area contributed by atoms with Crippen molar-refractivity contribution < 1.29 is 19.4 Å². The zero-order valence-electron chi connectivity index (χ0n) is 11.4. The first-order chi connectivity index (χ1) is 9.04. The van der Waals surface area contributed by atoms with Gasteiger partial charge >= 0.3 is 12.0 Å². The van der Waals surface area contributed by atoms with E-state index in [0.29, 0.717) is 19.5 Å². The van der Waals surface area contributed by atoms with Gasteiger partial charge in [-0.15, -0.1) is 0 Å². The quantitative estimate of drug-likeness (QED) is 0.807. The van der Waals surface area contributed by atoms with Crippen molar-refractivity contribution in [2.75, 3.05) is 19.7 Å². The van der Waals surface area contributed by atoms with Crippen LogP contribution in [-0.4, -0.2) is 53.3 Å². The van der Waals surface area contributed by atoms with Gasteiger partial charge in [0.2, 0.25) is 0 Å². The van der Waals surface area contributed by atoms with E-state index in [1.807, 2.05) is 0 Å². The fraction of sp³-hybridized carbons (Fsp3) is 0.846. The second-order valence-corrected chi connectivity index (χ2v) is 5.51. The predicted octanol–water partition coefficient (Wildman–Crippen LogP) is 1.20. The zero-order chi connectivity index (χ0) is 13.9. The van der Waals surface area contributed by atoms with E-state index in [1.165, 1.54) is 4.90 Å². The van der Waals surface area contributed by atoms with Crippen LogP contribution in [0.25, 0.3) is 0 Å². The Labute approximate surface area is 113 Å². The number of carbonyl (C=O) groups is 2. The lowest BCUT2D eigenvalue weighted by Crippen LogP contribution is -2.55. The summed E-state index contributed by atoms with van der Waals surface area (Å²) in [6.45, 7) is 3.32. The highest BCUT2D eigenvalue weighted by Gasteiger charge is 2.45. The first-order valence-electron chi connectivity index (χ1n) is 6.94. The van der Waals surface area contributed by atoms with E-state index >= 15 is 0 Å². The number of ether oxygens (including phenoxy) is 1. The van der Waals surface area contributed by atoms with Crippen LogP contribution < -0.4 is 5.32 Å². The monoisotopic (exact) mass is 270 g/mol. The maximum absolute atomic E-state index is 12.1. The van der Waals surface area contributed by atoms with E-state index in [1.54, 1.807) is 6.92 Å². The molecule has 6 heteroatoms. The standard InChI is InChI=1S/C13H22N2O4/c1-13(11(16)17)6-4-7-15(13)12(18)14-9-10-5-2-3-8-19-10/h10H,2-9H2,1H3,(H,14,18)(H,16,17). The second kappa shape index (κ2) is 5.77. The van der Waals surface area contributed by atoms with Gasteiger partial charge in [0.25, 0.3) is 0 Å². The summed E-state index contributed by atoms with van der Waals surface area (Å²) in [5, 5.41) is 12.1. The SMILES string of the molecule is CC1(C(=O)O)CCCN1C(=O)NCC1CCCCO1. The third kappa shape index (κ3) is 3.00. The first-order valence-corrected chi connectivity index (χ1v) is 6.94. The van der Waals surface area contributed by atoms with E-state index in [0.717, 1.165) is 32.3 Å². The molecule has 2 fully saturated rings. The average Bonchev–Trinajstić information content (AvgIpc) is 2.81. The highest BCUT2D eigenvalue weighted by molar-refractivity contribution is 5.86. The Kier molecular flexibility index (Phi) is 4.29. The van der Waals surface area contributed by atoms with Crippen molar-refractivity contribution in [3.8, 4) is 0 Å². The fourth-order valence-corrected chi connectivity index (χ4v) is 2.78. The average molecular weight is 270 g/mol. The lowest BCUT2D eigenvalue weighted by Gasteiger charge is -2.32. The van der Waals surface area contributed by atoms with Crippen LogP contribution in [0.3, 0.4) is 0 Å². The van der Waals surface area contributed by atoms with Gasteiger partial charge in [0.15, 0.2) is 0 Å². The van der Waals surface area contributed by atoms with Crippen LogP contribution in [0.15, 0.2) is 0 Å². The summed E-state index contributed by atoms with van der Waals surface area (Å²) < 4.78 is 5.54. The van der Waals surface area contributed by atoms with Crippen LogP contribution in [0.4, 0.5) is 4.79 Å². The molecule has 19 heavy (non-hydrogen) atoms. The Morgan fingerprint density at radius 1 is 1.42 bits per heavy atom. The number of hydrogen-bond acceptors (Lipinski definition) is 3. The number of rotatable bonds is 3. The van der Waals surface area contributed by atoms with Crippen LogP contribution in [0, 0.1) is 0 Å². The maximum Gasteiger partial charge on any atom is 0.329 e. The van der Waals surface area contributed by atoms with Crippen LogP contribution >= 0.6 is 0 Å². The first kappa shape index (κ1) is 14.1. The number of nitrogens with one attached hydrogen (secondary N) is 1. The van der Waals surface area contributed by atoms with E-state index < -0.39 is 11.5 Å². The summed E-state index contributed by atoms with van der Waals surface area (Å²) >= 11 is 0. The van der Waals surface area contributed by atoms with Crippen molar-refractivity contribution in [2.45, 2.75) is 50.7 Å². The van der Waals surface area contributed by atoms with Gasteiger partial charge in [-0.3, -0.25) is 0 Å². The summed E-state index contributed by atoms with van der Waals surface area (Å²) in [5.74, 6) is -0.936. The molecule has 0 aliphatic carbocycles. The fourth-order valence-electron chi connectivity index (χ4n) is 2.78. The van der Waals surface area contributed by atoms with Gasteiger partial charge in [0, 0.05) is 19.7 Å². The van der Waals surface area contributed by atoms with Crippen LogP contribution in [0.1, 0.15) is 39.0 Å². The molecule has 2 atom stereocenters. The van der Waals surface area contributed by atoms with Gasteiger partial charge < -0.3 is 20.1 Å². The van der Waals surface area contributed by atoms with Crippen LogP contribution in [0.5, 0.6) is 0 Å². The maximum atomic E-state index is 12.1. The topological polar surface area (TPSA) is 78.9 Å². The summed E-state index contributed by atoms with van der Waals surface area (Å²) in [6.07, 6.45) is 4.46. The van der Waals surface area contributed by atoms with E-state index in [-0.39, 0.29) is 12.1 Å². The summed E-state index contributed by atoms with van der Waals surface area (Å²) in [5.41, 5.74) is -1.07. The number of amides is 2. The van der Waals surface area contributed by atoms with Crippen LogP contribution in [-0.2, 0) is 9.53 Å². The van der Waals surface area contributed by atoms with E-state index in [4.69, 9.17) is 4.74 Å². The third-order valence-electron chi connectivity index (χ3n) is 4.10. The van der Waals surface area contributed by atoms with Gasteiger partial charge in [0.1, 0.15) is 5.54 Å². The molecule has 108 valence electrons. The number of hydrogen-bond donors (Lipinski definition) is 2. The molecule has 0 bridgehead atoms. The third-order valence-corrected chi connectivity index (χ3v) is 4.10. The molecular weight excluding hydrogens is 248 g/mol. The molecule has 6 nitrogen and oxygen atoms in total. The van der Waals surface area contributed by atoms with Crippen molar-refractivity contribution in [1.82, 2.24) is 10.2 Å². The summed E-state index contributed by atoms with van der Waals surface area (Å²) in [4.78, 5) is 24.8. The molecule has 0 aromatic heterocycles. The predicted molar refractivity (Wildman–Crippen MR) is 69.0 cm³/mol. The molecule has 0 aromatic rings. The van der Waals surface area contributed by atoms with Gasteiger partial charge in [-0.25, -0.2) is 9.59 Å². The van der Waals surface area contributed by atoms with E-state index in [9.17, 15) is 14.7 Å². The number of urea groups is 1. The molecule has 0 saturated carbocycles. The van der Waals surface area contributed by atoms with Crippen molar-refractivity contribution in [3.63, 3.8) is 0 Å². The van der Waals surface area contributed by atoms with Crippen molar-refractivity contribution in [1.29, 1.82) is 0 Å². The molecule has 2 aliphatic heterocycles. The molecular formula is C13H22N2O4. The Hall–Kier alpha value is -1.30. The minimum atomic E-state index is -1.07. The Morgan fingerprint density at radius 2 is 2.21 bits per heavy atom. The molecule has 2 amide bonds.